The lowest BCUT2D eigenvalue weighted by Crippen LogP contribution is -2.43. The molecule has 37 heavy (non-hydrogen) atoms. The number of hydrogen-bond acceptors (Lipinski definition) is 6. The molecule has 1 amide bonds. The van der Waals surface area contributed by atoms with E-state index in [1.54, 1.807) is 12.1 Å². The van der Waals surface area contributed by atoms with Crippen LogP contribution in [0.5, 0.6) is 11.5 Å². The highest BCUT2D eigenvalue weighted by Crippen LogP contribution is 2.42. The Morgan fingerprint density at radius 1 is 1.05 bits per heavy atom. The van der Waals surface area contributed by atoms with Crippen LogP contribution in [0.2, 0.25) is 0 Å². The number of β-amino-alcohol motifs (C(OH)–C–C–N with tert-alkyl or cyclic N) is 1. The number of halogens is 1. The molecule has 7 nitrogen and oxygen atoms in total. The fourth-order valence-electron chi connectivity index (χ4n) is 4.25. The van der Waals surface area contributed by atoms with Gasteiger partial charge in [0.1, 0.15) is 18.0 Å². The van der Waals surface area contributed by atoms with Gasteiger partial charge in [-0.25, -0.2) is 0 Å². The van der Waals surface area contributed by atoms with Gasteiger partial charge in [-0.3, -0.25) is 4.79 Å². The van der Waals surface area contributed by atoms with E-state index in [0.29, 0.717) is 35.9 Å². The molecule has 3 N–H and O–H groups in total. The average molecular weight is 526 g/mol. The molecule has 0 saturated heterocycles. The van der Waals surface area contributed by atoms with Gasteiger partial charge in [-0.05, 0) is 55.7 Å². The van der Waals surface area contributed by atoms with E-state index in [2.05, 4.69) is 53.6 Å². The summed E-state index contributed by atoms with van der Waals surface area (Å²) in [5.41, 5.74) is 4.22. The predicted octanol–water partition coefficient (Wildman–Crippen LogP) is 4.73. The zero-order valence-electron chi connectivity index (χ0n) is 21.8. The smallest absolute Gasteiger partial charge is 0.262 e. The van der Waals surface area contributed by atoms with Crippen LogP contribution in [0.4, 0.5) is 11.4 Å². The zero-order chi connectivity index (χ0) is 25.7. The van der Waals surface area contributed by atoms with Crippen molar-refractivity contribution < 1.29 is 19.4 Å². The molecular formula is C29H36ClN3O4. The lowest BCUT2D eigenvalue weighted by Gasteiger charge is -2.30. The van der Waals surface area contributed by atoms with Crippen LogP contribution in [0, 0.1) is 0 Å². The van der Waals surface area contributed by atoms with Crippen molar-refractivity contribution in [2.75, 3.05) is 37.5 Å². The summed E-state index contributed by atoms with van der Waals surface area (Å²) in [7, 11) is 4.05. The van der Waals surface area contributed by atoms with E-state index in [9.17, 15) is 9.90 Å². The molecule has 0 fully saturated rings. The van der Waals surface area contributed by atoms with Gasteiger partial charge in [0.25, 0.3) is 5.91 Å². The number of fused-ring (bicyclic) bond motifs is 1. The molecule has 1 aliphatic heterocycles. The molecule has 3 aromatic rings. The molecule has 3 aromatic carbocycles. The topological polar surface area (TPSA) is 83.1 Å². The summed E-state index contributed by atoms with van der Waals surface area (Å²) in [5.74, 6) is 0.706. The van der Waals surface area contributed by atoms with Gasteiger partial charge < -0.3 is 30.1 Å². The van der Waals surface area contributed by atoms with Crippen LogP contribution in [-0.4, -0.2) is 43.8 Å². The Morgan fingerprint density at radius 3 is 2.43 bits per heavy atom. The summed E-state index contributed by atoms with van der Waals surface area (Å²) in [6.45, 7) is 4.82. The van der Waals surface area contributed by atoms with E-state index in [-0.39, 0.29) is 30.5 Å². The minimum atomic E-state index is -0.827. The second-order valence-corrected chi connectivity index (χ2v) is 9.99. The molecule has 0 radical (unpaired) electrons. The van der Waals surface area contributed by atoms with Crippen LogP contribution in [0.1, 0.15) is 36.6 Å². The number of aliphatic hydroxyl groups excluding tert-OH is 1. The van der Waals surface area contributed by atoms with Gasteiger partial charge in [0, 0.05) is 37.4 Å². The van der Waals surface area contributed by atoms with Crippen LogP contribution in [0.3, 0.4) is 0 Å². The number of nitrogens with one attached hydrogen (secondary N) is 2. The molecule has 8 heteroatoms. The molecule has 1 atom stereocenters. The molecule has 0 bridgehead atoms. The number of anilines is 2. The molecular weight excluding hydrogens is 490 g/mol. The maximum atomic E-state index is 12.1. The van der Waals surface area contributed by atoms with E-state index < -0.39 is 6.10 Å². The first-order chi connectivity index (χ1) is 17.2. The Labute approximate surface area is 225 Å². The SMILES string of the molecule is CN(C)c1ccc(CC(C)(C)NCC(O)c2ccc(OCc3ccccc3)c3c2OCC(=O)N3)cc1.Cl. The lowest BCUT2D eigenvalue weighted by molar-refractivity contribution is -0.118. The fourth-order valence-corrected chi connectivity index (χ4v) is 4.25. The number of rotatable bonds is 10. The summed E-state index contributed by atoms with van der Waals surface area (Å²) in [5, 5.41) is 17.4. The van der Waals surface area contributed by atoms with Gasteiger partial charge in [0.15, 0.2) is 12.4 Å². The van der Waals surface area contributed by atoms with Crippen LogP contribution in [0.15, 0.2) is 66.7 Å². The van der Waals surface area contributed by atoms with Crippen LogP contribution < -0.4 is 25.0 Å². The van der Waals surface area contributed by atoms with E-state index in [1.807, 2.05) is 44.4 Å². The maximum Gasteiger partial charge on any atom is 0.262 e. The van der Waals surface area contributed by atoms with Gasteiger partial charge in [-0.1, -0.05) is 42.5 Å². The third-order valence-corrected chi connectivity index (χ3v) is 6.23. The van der Waals surface area contributed by atoms with Gasteiger partial charge in [-0.2, -0.15) is 0 Å². The molecule has 4 rings (SSSR count). The Hall–Kier alpha value is -3.26. The Morgan fingerprint density at radius 2 is 1.76 bits per heavy atom. The highest BCUT2D eigenvalue weighted by Gasteiger charge is 2.28. The summed E-state index contributed by atoms with van der Waals surface area (Å²) in [4.78, 5) is 14.1. The summed E-state index contributed by atoms with van der Waals surface area (Å²) in [6, 6.07) is 21.9. The summed E-state index contributed by atoms with van der Waals surface area (Å²) >= 11 is 0. The Bertz CT molecular complexity index is 1180. The monoisotopic (exact) mass is 525 g/mol. The summed E-state index contributed by atoms with van der Waals surface area (Å²) in [6.07, 6.45) is -0.0167. The fraction of sp³-hybridized carbons (Fsp3) is 0.345. The van der Waals surface area contributed by atoms with Crippen molar-refractivity contribution in [1.29, 1.82) is 0 Å². The van der Waals surface area contributed by atoms with Crippen LogP contribution in [-0.2, 0) is 17.8 Å². The molecule has 1 aliphatic rings. The number of amides is 1. The number of benzene rings is 3. The van der Waals surface area contributed by atoms with Crippen molar-refractivity contribution in [2.45, 2.75) is 38.5 Å². The standard InChI is InChI=1S/C29H35N3O4.ClH/c1-29(2,16-20-10-12-22(13-11-20)32(3)4)30-17-24(33)23-14-15-25(27-28(23)36-19-26(34)31-27)35-18-21-8-6-5-7-9-21;/h5-15,24,30,33H,16-19H2,1-4H3,(H,31,34);1H. The van der Waals surface area contributed by atoms with E-state index in [1.165, 1.54) is 5.56 Å². The second-order valence-electron chi connectivity index (χ2n) is 9.99. The predicted molar refractivity (Wildman–Crippen MR) is 150 cm³/mol. The van der Waals surface area contributed by atoms with Crippen LogP contribution in [0.25, 0.3) is 0 Å². The third-order valence-electron chi connectivity index (χ3n) is 6.23. The Kier molecular flexibility index (Phi) is 9.43. The molecule has 0 aromatic heterocycles. The highest BCUT2D eigenvalue weighted by atomic mass is 35.5. The van der Waals surface area contributed by atoms with Gasteiger partial charge in [-0.15, -0.1) is 12.4 Å². The van der Waals surface area contributed by atoms with Gasteiger partial charge in [0.2, 0.25) is 0 Å². The van der Waals surface area contributed by atoms with E-state index >= 15 is 0 Å². The van der Waals surface area contributed by atoms with E-state index in [0.717, 1.165) is 17.7 Å². The molecule has 1 unspecified atom stereocenters. The minimum Gasteiger partial charge on any atom is -0.487 e. The quantitative estimate of drug-likeness (QED) is 0.355. The van der Waals surface area contributed by atoms with Crippen molar-refractivity contribution in [3.05, 3.63) is 83.4 Å². The summed E-state index contributed by atoms with van der Waals surface area (Å²) < 4.78 is 11.7. The lowest BCUT2D eigenvalue weighted by atomic mass is 9.94. The normalized spacial score (nSPS) is 13.5. The second kappa shape index (κ2) is 12.3. The van der Waals surface area contributed by atoms with Crippen molar-refractivity contribution >= 4 is 29.7 Å². The van der Waals surface area contributed by atoms with Crippen molar-refractivity contribution in [3.8, 4) is 11.5 Å². The number of carbonyl (C=O) groups excluding carboxylic acids is 1. The minimum absolute atomic E-state index is 0. The average Bonchev–Trinajstić information content (AvgIpc) is 2.86. The van der Waals surface area contributed by atoms with Gasteiger partial charge >= 0.3 is 0 Å². The van der Waals surface area contributed by atoms with Crippen molar-refractivity contribution in [1.82, 2.24) is 5.32 Å². The molecule has 0 spiro atoms. The number of ether oxygens (including phenoxy) is 2. The number of nitrogens with zero attached hydrogens (tertiary/aromatic N) is 1. The first-order valence-electron chi connectivity index (χ1n) is 12.2. The maximum absolute atomic E-state index is 12.1. The first-order valence-corrected chi connectivity index (χ1v) is 12.2. The number of hydrogen-bond donors (Lipinski definition) is 3. The van der Waals surface area contributed by atoms with Crippen LogP contribution >= 0.6 is 12.4 Å². The van der Waals surface area contributed by atoms with Gasteiger partial charge in [0.05, 0.1) is 6.10 Å². The molecule has 198 valence electrons. The Balaban J connectivity index is 0.00000380. The van der Waals surface area contributed by atoms with Crippen molar-refractivity contribution in [3.63, 3.8) is 0 Å². The first kappa shape index (κ1) is 28.3. The highest BCUT2D eigenvalue weighted by molar-refractivity contribution is 5.97. The largest absolute Gasteiger partial charge is 0.487 e. The molecule has 0 aliphatic carbocycles. The molecule has 0 saturated carbocycles. The third kappa shape index (κ3) is 7.38. The number of carbonyl (C=O) groups is 1. The van der Waals surface area contributed by atoms with E-state index in [4.69, 9.17) is 9.47 Å². The zero-order valence-corrected chi connectivity index (χ0v) is 22.6. The van der Waals surface area contributed by atoms with Crippen molar-refractivity contribution in [2.24, 2.45) is 0 Å². The molecule has 1 heterocycles. The number of aliphatic hydroxyl groups is 1.